The van der Waals surface area contributed by atoms with Gasteiger partial charge < -0.3 is 10.2 Å². The van der Waals surface area contributed by atoms with Crippen molar-refractivity contribution in [3.8, 4) is 0 Å². The zero-order valence-corrected chi connectivity index (χ0v) is 14.5. The molecule has 0 amide bonds. The first-order valence-electron chi connectivity index (χ1n) is 6.57. The molecule has 0 radical (unpaired) electrons. The minimum Gasteiger partial charge on any atom is -0.378 e. The highest BCUT2D eigenvalue weighted by atomic mass is 79.9. The van der Waals surface area contributed by atoms with Gasteiger partial charge in [-0.05, 0) is 43.3 Å². The molecule has 1 N–H and O–H groups in total. The van der Waals surface area contributed by atoms with Crippen LogP contribution < -0.4 is 10.2 Å². The van der Waals surface area contributed by atoms with Gasteiger partial charge in [0, 0.05) is 29.8 Å². The summed E-state index contributed by atoms with van der Waals surface area (Å²) in [7, 11) is 3.88. The van der Waals surface area contributed by atoms with Crippen molar-refractivity contribution in [2.75, 3.05) is 24.3 Å². The number of hydrogen-bond acceptors (Lipinski definition) is 2. The van der Waals surface area contributed by atoms with Crippen LogP contribution in [-0.2, 0) is 0 Å². The maximum absolute atomic E-state index is 13.9. The Balaban J connectivity index is 2.21. The van der Waals surface area contributed by atoms with Crippen molar-refractivity contribution in [3.05, 3.63) is 57.3 Å². The minimum atomic E-state index is -0.228. The topological polar surface area (TPSA) is 15.3 Å². The first-order chi connectivity index (χ1) is 9.88. The SMILES string of the molecule is CC(Nc1ccc(N(C)C)c(Cl)c1)c1cc(Br)ccc1F. The summed E-state index contributed by atoms with van der Waals surface area (Å²) in [6, 6.07) is 10.5. The lowest BCUT2D eigenvalue weighted by molar-refractivity contribution is 0.600. The van der Waals surface area contributed by atoms with Crippen LogP contribution in [0.25, 0.3) is 0 Å². The third-order valence-electron chi connectivity index (χ3n) is 3.24. The predicted molar refractivity (Wildman–Crippen MR) is 91.9 cm³/mol. The van der Waals surface area contributed by atoms with E-state index in [-0.39, 0.29) is 11.9 Å². The highest BCUT2D eigenvalue weighted by Gasteiger charge is 2.12. The molecular formula is C16H17BrClFN2. The molecule has 0 aliphatic rings. The zero-order chi connectivity index (χ0) is 15.6. The number of benzene rings is 2. The lowest BCUT2D eigenvalue weighted by atomic mass is 10.1. The van der Waals surface area contributed by atoms with Crippen molar-refractivity contribution in [3.63, 3.8) is 0 Å². The van der Waals surface area contributed by atoms with Crippen LogP contribution in [0, 0.1) is 5.82 Å². The molecule has 0 aromatic heterocycles. The molecular weight excluding hydrogens is 355 g/mol. The molecule has 1 unspecified atom stereocenters. The smallest absolute Gasteiger partial charge is 0.128 e. The summed E-state index contributed by atoms with van der Waals surface area (Å²) < 4.78 is 14.7. The Labute approximate surface area is 138 Å². The van der Waals surface area contributed by atoms with Crippen molar-refractivity contribution in [1.29, 1.82) is 0 Å². The van der Waals surface area contributed by atoms with Crippen molar-refractivity contribution in [2.45, 2.75) is 13.0 Å². The van der Waals surface area contributed by atoms with E-state index < -0.39 is 0 Å². The first-order valence-corrected chi connectivity index (χ1v) is 7.74. The molecule has 21 heavy (non-hydrogen) atoms. The van der Waals surface area contributed by atoms with Gasteiger partial charge in [-0.2, -0.15) is 0 Å². The second kappa shape index (κ2) is 6.67. The zero-order valence-electron chi connectivity index (χ0n) is 12.1. The van der Waals surface area contributed by atoms with Crippen molar-refractivity contribution in [1.82, 2.24) is 0 Å². The van der Waals surface area contributed by atoms with E-state index in [1.807, 2.05) is 44.1 Å². The van der Waals surface area contributed by atoms with E-state index in [0.717, 1.165) is 15.8 Å². The molecule has 0 saturated heterocycles. The second-order valence-electron chi connectivity index (χ2n) is 5.09. The fourth-order valence-electron chi connectivity index (χ4n) is 2.13. The summed E-state index contributed by atoms with van der Waals surface area (Å²) in [5.74, 6) is -0.228. The lowest BCUT2D eigenvalue weighted by Crippen LogP contribution is -2.11. The molecule has 0 fully saturated rings. The average Bonchev–Trinajstić information content (AvgIpc) is 2.41. The Kier molecular flexibility index (Phi) is 5.12. The van der Waals surface area contributed by atoms with Gasteiger partial charge in [0.25, 0.3) is 0 Å². The van der Waals surface area contributed by atoms with Crippen LogP contribution in [0.2, 0.25) is 5.02 Å². The third-order valence-corrected chi connectivity index (χ3v) is 4.03. The molecule has 112 valence electrons. The van der Waals surface area contributed by atoms with Crippen molar-refractivity contribution >= 4 is 38.9 Å². The van der Waals surface area contributed by atoms with Gasteiger partial charge in [-0.1, -0.05) is 27.5 Å². The van der Waals surface area contributed by atoms with Gasteiger partial charge in [0.05, 0.1) is 16.8 Å². The Hall–Kier alpha value is -1.26. The molecule has 1 atom stereocenters. The number of rotatable bonds is 4. The quantitative estimate of drug-likeness (QED) is 0.765. The number of nitrogens with zero attached hydrogens (tertiary/aromatic N) is 1. The molecule has 0 aliphatic heterocycles. The van der Waals surface area contributed by atoms with Gasteiger partial charge in [0.1, 0.15) is 5.82 Å². The third kappa shape index (κ3) is 3.89. The normalized spacial score (nSPS) is 12.1. The molecule has 2 nitrogen and oxygen atoms in total. The number of nitrogens with one attached hydrogen (secondary N) is 1. The van der Waals surface area contributed by atoms with Crippen LogP contribution in [0.3, 0.4) is 0 Å². The monoisotopic (exact) mass is 370 g/mol. The molecule has 0 bridgehead atoms. The van der Waals surface area contributed by atoms with Crippen LogP contribution in [0.15, 0.2) is 40.9 Å². The summed E-state index contributed by atoms with van der Waals surface area (Å²) in [6.45, 7) is 1.92. The summed E-state index contributed by atoms with van der Waals surface area (Å²) in [5.41, 5.74) is 2.41. The van der Waals surface area contributed by atoms with Gasteiger partial charge in [-0.25, -0.2) is 4.39 Å². The van der Waals surface area contributed by atoms with Gasteiger partial charge >= 0.3 is 0 Å². The summed E-state index contributed by atoms with van der Waals surface area (Å²) in [6.07, 6.45) is 0. The van der Waals surface area contributed by atoms with Crippen LogP contribution in [0.5, 0.6) is 0 Å². The molecule has 5 heteroatoms. The molecule has 0 aliphatic carbocycles. The fraction of sp³-hybridized carbons (Fsp3) is 0.250. The van der Waals surface area contributed by atoms with E-state index in [1.165, 1.54) is 6.07 Å². The molecule has 2 rings (SSSR count). The number of anilines is 2. The second-order valence-corrected chi connectivity index (χ2v) is 6.42. The van der Waals surface area contributed by atoms with E-state index >= 15 is 0 Å². The summed E-state index contributed by atoms with van der Waals surface area (Å²) in [4.78, 5) is 1.95. The average molecular weight is 372 g/mol. The maximum atomic E-state index is 13.9. The molecule has 0 spiro atoms. The van der Waals surface area contributed by atoms with E-state index in [1.54, 1.807) is 12.1 Å². The molecule has 2 aromatic rings. The van der Waals surface area contributed by atoms with Crippen LogP contribution in [0.4, 0.5) is 15.8 Å². The van der Waals surface area contributed by atoms with Crippen molar-refractivity contribution < 1.29 is 4.39 Å². The van der Waals surface area contributed by atoms with Crippen LogP contribution in [0.1, 0.15) is 18.5 Å². The molecule has 0 saturated carbocycles. The summed E-state index contributed by atoms with van der Waals surface area (Å²) in [5, 5.41) is 3.93. The predicted octanol–water partition coefficient (Wildman–Crippen LogP) is 5.48. The van der Waals surface area contributed by atoms with Gasteiger partial charge in [-0.3, -0.25) is 0 Å². The van der Waals surface area contributed by atoms with E-state index in [0.29, 0.717) is 10.6 Å². The lowest BCUT2D eigenvalue weighted by Gasteiger charge is -2.19. The Morgan fingerprint density at radius 3 is 2.52 bits per heavy atom. The Bertz CT molecular complexity index is 646. The first kappa shape index (κ1) is 16.1. The minimum absolute atomic E-state index is 0.163. The molecule has 0 heterocycles. The van der Waals surface area contributed by atoms with E-state index in [9.17, 15) is 4.39 Å². The number of halogens is 3. The van der Waals surface area contributed by atoms with E-state index in [2.05, 4.69) is 21.2 Å². The highest BCUT2D eigenvalue weighted by molar-refractivity contribution is 9.10. The van der Waals surface area contributed by atoms with E-state index in [4.69, 9.17) is 11.6 Å². The van der Waals surface area contributed by atoms with Crippen LogP contribution in [-0.4, -0.2) is 14.1 Å². The van der Waals surface area contributed by atoms with Crippen molar-refractivity contribution in [2.24, 2.45) is 0 Å². The van der Waals surface area contributed by atoms with Gasteiger partial charge in [0.15, 0.2) is 0 Å². The number of hydrogen-bond donors (Lipinski definition) is 1. The summed E-state index contributed by atoms with van der Waals surface area (Å²) >= 11 is 9.61. The maximum Gasteiger partial charge on any atom is 0.128 e. The Morgan fingerprint density at radius 2 is 1.90 bits per heavy atom. The van der Waals surface area contributed by atoms with Gasteiger partial charge in [-0.15, -0.1) is 0 Å². The van der Waals surface area contributed by atoms with Crippen LogP contribution >= 0.6 is 27.5 Å². The highest BCUT2D eigenvalue weighted by Crippen LogP contribution is 2.30. The fourth-order valence-corrected chi connectivity index (χ4v) is 2.86. The standard InChI is InChI=1S/C16H17BrClFN2/c1-10(13-8-11(17)4-6-15(13)19)20-12-5-7-16(21(2)3)14(18)9-12/h4-10,20H,1-3H3. The van der Waals surface area contributed by atoms with Gasteiger partial charge in [0.2, 0.25) is 0 Å². The Morgan fingerprint density at radius 1 is 1.19 bits per heavy atom. The largest absolute Gasteiger partial charge is 0.378 e. The molecule has 2 aromatic carbocycles.